The van der Waals surface area contributed by atoms with E-state index in [1.165, 1.54) is 55.9 Å². The minimum atomic E-state index is -0.0109. The first-order valence-electron chi connectivity index (χ1n) is 16.0. The summed E-state index contributed by atoms with van der Waals surface area (Å²) in [6.45, 7) is 19.2. The van der Waals surface area contributed by atoms with Crippen LogP contribution in [0.3, 0.4) is 0 Å². The van der Waals surface area contributed by atoms with E-state index in [-0.39, 0.29) is 11.0 Å². The molecule has 1 saturated heterocycles. The van der Waals surface area contributed by atoms with Gasteiger partial charge < -0.3 is 9.47 Å². The molecule has 2 heterocycles. The Labute approximate surface area is 253 Å². The molecule has 2 nitrogen and oxygen atoms in total. The Morgan fingerprint density at radius 3 is 1.88 bits per heavy atom. The van der Waals surface area contributed by atoms with Crippen molar-refractivity contribution < 1.29 is 0 Å². The largest absolute Gasteiger partial charge is 0.353 e. The van der Waals surface area contributed by atoms with Crippen molar-refractivity contribution in [3.63, 3.8) is 0 Å². The van der Waals surface area contributed by atoms with Crippen molar-refractivity contribution in [1.82, 2.24) is 4.57 Å². The highest BCUT2D eigenvalue weighted by molar-refractivity contribution is 6.09. The normalized spacial score (nSPS) is 16.9. The third-order valence-electron chi connectivity index (χ3n) is 9.98. The van der Waals surface area contributed by atoms with E-state index >= 15 is 0 Å². The number of hydrogen-bond donors (Lipinski definition) is 0. The minimum absolute atomic E-state index is 0.0109. The number of anilines is 1. The van der Waals surface area contributed by atoms with E-state index in [1.807, 2.05) is 0 Å². The van der Waals surface area contributed by atoms with Crippen LogP contribution >= 0.6 is 0 Å². The van der Waals surface area contributed by atoms with Crippen molar-refractivity contribution in [2.75, 3.05) is 4.90 Å². The number of para-hydroxylation sites is 3. The second-order valence-corrected chi connectivity index (χ2v) is 13.7. The predicted molar refractivity (Wildman–Crippen MR) is 182 cm³/mol. The van der Waals surface area contributed by atoms with Crippen molar-refractivity contribution in [2.45, 2.75) is 92.0 Å². The fraction of sp³-hybridized carbons (Fsp3) is 0.375. The van der Waals surface area contributed by atoms with Crippen molar-refractivity contribution in [2.24, 2.45) is 5.41 Å². The molecule has 0 bridgehead atoms. The molecule has 2 heteroatoms. The van der Waals surface area contributed by atoms with Crippen LogP contribution < -0.4 is 4.90 Å². The first-order chi connectivity index (χ1) is 20.1. The molecule has 0 saturated carbocycles. The van der Waals surface area contributed by atoms with Crippen LogP contribution in [-0.2, 0) is 0 Å². The van der Waals surface area contributed by atoms with Gasteiger partial charge in [0.1, 0.15) is 0 Å². The highest BCUT2D eigenvalue weighted by Crippen LogP contribution is 2.60. The Morgan fingerprint density at radius 2 is 1.26 bits per heavy atom. The van der Waals surface area contributed by atoms with Crippen LogP contribution in [0.25, 0.3) is 27.5 Å². The molecule has 1 fully saturated rings. The van der Waals surface area contributed by atoms with Gasteiger partial charge >= 0.3 is 0 Å². The summed E-state index contributed by atoms with van der Waals surface area (Å²) in [5.41, 5.74) is 9.54. The summed E-state index contributed by atoms with van der Waals surface area (Å²) < 4.78 is 2.42. The first kappa shape index (κ1) is 28.6. The lowest BCUT2D eigenvalue weighted by Gasteiger charge is -2.43. The Bertz CT molecular complexity index is 1690. The summed E-state index contributed by atoms with van der Waals surface area (Å²) in [4.78, 5) is 2.79. The highest BCUT2D eigenvalue weighted by Gasteiger charge is 2.56. The van der Waals surface area contributed by atoms with E-state index in [4.69, 9.17) is 0 Å². The lowest BCUT2D eigenvalue weighted by molar-refractivity contribution is 0.284. The molecule has 42 heavy (non-hydrogen) atoms. The monoisotopic (exact) mass is 555 g/mol. The maximum absolute atomic E-state index is 2.79. The summed E-state index contributed by atoms with van der Waals surface area (Å²) in [6.07, 6.45) is 3.41. The number of aromatic nitrogens is 1. The van der Waals surface area contributed by atoms with E-state index in [1.54, 1.807) is 0 Å². The van der Waals surface area contributed by atoms with Gasteiger partial charge in [-0.05, 0) is 92.0 Å². The third kappa shape index (κ3) is 4.37. The summed E-state index contributed by atoms with van der Waals surface area (Å²) in [7, 11) is 0. The van der Waals surface area contributed by atoms with E-state index in [0.717, 1.165) is 19.3 Å². The van der Waals surface area contributed by atoms with E-state index < -0.39 is 0 Å². The predicted octanol–water partition coefficient (Wildman–Crippen LogP) is 11.4. The maximum Gasteiger partial charge on any atom is 0.0995 e. The average molecular weight is 556 g/mol. The lowest BCUT2D eigenvalue weighted by Crippen LogP contribution is -2.42. The molecule has 0 aliphatic carbocycles. The zero-order valence-corrected chi connectivity index (χ0v) is 26.8. The summed E-state index contributed by atoms with van der Waals surface area (Å²) in [5.74, 6) is 0.890. The maximum atomic E-state index is 2.79. The van der Waals surface area contributed by atoms with Crippen LogP contribution in [-0.4, -0.2) is 10.1 Å². The van der Waals surface area contributed by atoms with Gasteiger partial charge in [-0.3, -0.25) is 0 Å². The number of nitrogens with zero attached hydrogens (tertiary/aromatic N) is 2. The minimum Gasteiger partial charge on any atom is -0.353 e. The summed E-state index contributed by atoms with van der Waals surface area (Å²) in [6, 6.07) is 35.5. The molecule has 0 atom stereocenters. The van der Waals surface area contributed by atoms with Gasteiger partial charge in [-0.15, -0.1) is 0 Å². The van der Waals surface area contributed by atoms with Gasteiger partial charge in [0.05, 0.1) is 17.1 Å². The van der Waals surface area contributed by atoms with Crippen LogP contribution in [0.4, 0.5) is 5.69 Å². The van der Waals surface area contributed by atoms with Crippen molar-refractivity contribution in [1.29, 1.82) is 0 Å². The van der Waals surface area contributed by atoms with Gasteiger partial charge in [-0.1, -0.05) is 102 Å². The SMILES string of the molecule is CCC1(CC)CC(C)(C)N(c2c(C(C)C)cccc2C(C)C)[C]1c1ccc2c(c1)c1ccccc1n2-c1ccccc1. The first-order valence-corrected chi connectivity index (χ1v) is 16.0. The number of fused-ring (bicyclic) bond motifs is 3. The standard InChI is InChI=1S/C40H47N2/c1-9-40(10-2)26-39(7,8)42(37-31(27(3)4)20-16-21-32(37)28(5)6)38(40)29-23-24-36-34(25-29)33-19-14-15-22-35(33)41(36)30-17-12-11-13-18-30/h11-25,27-28H,9-10,26H2,1-8H3. The van der Waals surface area contributed by atoms with Crippen molar-refractivity contribution in [3.8, 4) is 5.69 Å². The molecule has 1 aliphatic rings. The Morgan fingerprint density at radius 1 is 0.667 bits per heavy atom. The van der Waals surface area contributed by atoms with E-state index in [2.05, 4.69) is 156 Å². The van der Waals surface area contributed by atoms with Crippen LogP contribution in [0.5, 0.6) is 0 Å². The summed E-state index contributed by atoms with van der Waals surface area (Å²) in [5, 5.41) is 2.64. The molecule has 1 radical (unpaired) electrons. The third-order valence-corrected chi connectivity index (χ3v) is 9.98. The molecule has 6 rings (SSSR count). The van der Waals surface area contributed by atoms with Crippen LogP contribution in [0.1, 0.15) is 103 Å². The van der Waals surface area contributed by atoms with Gasteiger partial charge in [0.15, 0.2) is 0 Å². The van der Waals surface area contributed by atoms with Gasteiger partial charge in [-0.25, -0.2) is 0 Å². The van der Waals surface area contributed by atoms with Crippen LogP contribution in [0, 0.1) is 11.5 Å². The molecule has 0 unspecified atom stereocenters. The van der Waals surface area contributed by atoms with Gasteiger partial charge in [0, 0.05) is 33.1 Å². The summed E-state index contributed by atoms with van der Waals surface area (Å²) >= 11 is 0. The zero-order chi connectivity index (χ0) is 29.8. The zero-order valence-electron chi connectivity index (χ0n) is 26.8. The number of hydrogen-bond acceptors (Lipinski definition) is 1. The molecule has 4 aromatic carbocycles. The van der Waals surface area contributed by atoms with Crippen molar-refractivity contribution >= 4 is 27.5 Å². The molecule has 5 aromatic rings. The quantitative estimate of drug-likeness (QED) is 0.194. The molecule has 1 aliphatic heterocycles. The van der Waals surface area contributed by atoms with Crippen LogP contribution in [0.2, 0.25) is 0 Å². The molecule has 1 aromatic heterocycles. The second kappa shape index (κ2) is 10.6. The van der Waals surface area contributed by atoms with Gasteiger partial charge in [0.2, 0.25) is 0 Å². The highest BCUT2D eigenvalue weighted by atomic mass is 15.3. The fourth-order valence-corrected chi connectivity index (χ4v) is 7.96. The van der Waals surface area contributed by atoms with Gasteiger partial charge in [-0.2, -0.15) is 0 Å². The molecule has 0 amide bonds. The van der Waals surface area contributed by atoms with Gasteiger partial charge in [0.25, 0.3) is 0 Å². The van der Waals surface area contributed by atoms with E-state index in [9.17, 15) is 0 Å². The van der Waals surface area contributed by atoms with Crippen LogP contribution in [0.15, 0.2) is 91.0 Å². The Balaban J connectivity index is 1.65. The molecule has 217 valence electrons. The lowest BCUT2D eigenvalue weighted by atomic mass is 9.71. The number of benzene rings is 4. The Hall–Kier alpha value is -3.52. The average Bonchev–Trinajstić information content (AvgIpc) is 3.45. The fourth-order valence-electron chi connectivity index (χ4n) is 7.96. The smallest absolute Gasteiger partial charge is 0.0995 e. The topological polar surface area (TPSA) is 8.17 Å². The number of rotatable bonds is 7. The molecule has 0 spiro atoms. The second-order valence-electron chi connectivity index (χ2n) is 13.7. The Kier molecular flexibility index (Phi) is 7.24. The van der Waals surface area contributed by atoms with E-state index in [0.29, 0.717) is 11.8 Å². The van der Waals surface area contributed by atoms with Crippen molar-refractivity contribution in [3.05, 3.63) is 114 Å². The molecule has 0 N–H and O–H groups in total. The molecular weight excluding hydrogens is 508 g/mol. The molecular formula is C40H47N2.